The van der Waals surface area contributed by atoms with Crippen LogP contribution in [0.1, 0.15) is 33.4 Å². The van der Waals surface area contributed by atoms with Gasteiger partial charge in [-0.05, 0) is 61.8 Å². The Morgan fingerprint density at radius 1 is 0.682 bits per heavy atom. The monoisotopic (exact) mass is 286 g/mol. The Hall–Kier alpha value is -2.77. The van der Waals surface area contributed by atoms with Gasteiger partial charge >= 0.3 is 0 Å². The van der Waals surface area contributed by atoms with Gasteiger partial charge in [0.15, 0.2) is 0 Å². The fourth-order valence-electron chi connectivity index (χ4n) is 2.29. The molecule has 0 unspecified atom stereocenters. The zero-order chi connectivity index (χ0) is 16.1. The van der Waals surface area contributed by atoms with Gasteiger partial charge in [-0.2, -0.15) is 0 Å². The standard InChI is InChI=1S/C21H18O/c1-15-7-5-8-16(2)20(15)13-11-19(22)12-14-21-17(3)9-6-10-18(21)4/h5-10H,1-4H3. The summed E-state index contributed by atoms with van der Waals surface area (Å²) in [5.41, 5.74) is 6.10. The van der Waals surface area contributed by atoms with Crippen molar-refractivity contribution in [3.05, 3.63) is 69.8 Å². The van der Waals surface area contributed by atoms with Gasteiger partial charge < -0.3 is 0 Å². The molecule has 0 bridgehead atoms. The average Bonchev–Trinajstić information content (AvgIpc) is 2.46. The molecule has 0 fully saturated rings. The number of hydrogen-bond acceptors (Lipinski definition) is 1. The molecular formula is C21H18O. The number of hydrogen-bond donors (Lipinski definition) is 0. The lowest BCUT2D eigenvalue weighted by molar-refractivity contribution is -0.108. The van der Waals surface area contributed by atoms with Crippen molar-refractivity contribution in [2.75, 3.05) is 0 Å². The van der Waals surface area contributed by atoms with Crippen LogP contribution in [0.2, 0.25) is 0 Å². The second-order valence-corrected chi connectivity index (χ2v) is 5.36. The molecule has 0 aliphatic rings. The second-order valence-electron chi connectivity index (χ2n) is 5.36. The summed E-state index contributed by atoms with van der Waals surface area (Å²) in [4.78, 5) is 11.9. The van der Waals surface area contributed by atoms with Gasteiger partial charge in [-0.25, -0.2) is 0 Å². The van der Waals surface area contributed by atoms with Crippen LogP contribution in [-0.4, -0.2) is 5.78 Å². The molecule has 0 saturated carbocycles. The summed E-state index contributed by atoms with van der Waals surface area (Å²) < 4.78 is 0. The van der Waals surface area contributed by atoms with Crippen molar-refractivity contribution < 1.29 is 4.79 Å². The van der Waals surface area contributed by atoms with Crippen LogP contribution in [0.15, 0.2) is 36.4 Å². The maximum atomic E-state index is 11.9. The van der Waals surface area contributed by atoms with Crippen LogP contribution >= 0.6 is 0 Å². The molecular weight excluding hydrogens is 268 g/mol. The molecule has 0 aliphatic heterocycles. The highest BCUT2D eigenvalue weighted by Crippen LogP contribution is 2.12. The molecule has 2 rings (SSSR count). The van der Waals surface area contributed by atoms with Gasteiger partial charge in [-0.1, -0.05) is 48.2 Å². The molecule has 1 heteroatoms. The number of carbonyl (C=O) groups is 1. The van der Waals surface area contributed by atoms with Crippen LogP contribution in [0, 0.1) is 51.4 Å². The summed E-state index contributed by atoms with van der Waals surface area (Å²) in [5.74, 6) is 10.8. The Morgan fingerprint density at radius 2 is 1.00 bits per heavy atom. The predicted octanol–water partition coefficient (Wildman–Crippen LogP) is 3.89. The molecule has 0 radical (unpaired) electrons. The number of rotatable bonds is 0. The highest BCUT2D eigenvalue weighted by atomic mass is 16.1. The summed E-state index contributed by atoms with van der Waals surface area (Å²) in [6.45, 7) is 7.96. The average molecular weight is 286 g/mol. The van der Waals surface area contributed by atoms with Crippen molar-refractivity contribution in [1.82, 2.24) is 0 Å². The van der Waals surface area contributed by atoms with E-state index in [0.717, 1.165) is 33.4 Å². The molecule has 0 saturated heterocycles. The lowest BCUT2D eigenvalue weighted by Crippen LogP contribution is -1.92. The Labute approximate surface area is 132 Å². The van der Waals surface area contributed by atoms with E-state index in [4.69, 9.17) is 0 Å². The van der Waals surface area contributed by atoms with Gasteiger partial charge in [0.25, 0.3) is 5.78 Å². The molecule has 0 aromatic heterocycles. The maximum absolute atomic E-state index is 11.9. The van der Waals surface area contributed by atoms with Crippen LogP contribution < -0.4 is 0 Å². The Morgan fingerprint density at radius 3 is 1.32 bits per heavy atom. The highest BCUT2D eigenvalue weighted by Gasteiger charge is 2.00. The summed E-state index contributed by atoms with van der Waals surface area (Å²) in [6, 6.07) is 11.9. The number of aryl methyl sites for hydroxylation is 4. The fourth-order valence-corrected chi connectivity index (χ4v) is 2.29. The first-order valence-electron chi connectivity index (χ1n) is 7.19. The van der Waals surface area contributed by atoms with E-state index in [0.29, 0.717) is 0 Å². The third kappa shape index (κ3) is 3.66. The molecule has 1 nitrogen and oxygen atoms in total. The molecule has 2 aromatic rings. The Balaban J connectivity index is 2.27. The summed E-state index contributed by atoms with van der Waals surface area (Å²) in [7, 11) is 0. The lowest BCUT2D eigenvalue weighted by atomic mass is 10.0. The minimum Gasteiger partial charge on any atom is -0.270 e. The van der Waals surface area contributed by atoms with Crippen LogP contribution in [-0.2, 0) is 4.79 Å². The first-order chi connectivity index (χ1) is 10.5. The quantitative estimate of drug-likeness (QED) is 0.671. The van der Waals surface area contributed by atoms with Gasteiger partial charge in [0.2, 0.25) is 0 Å². The predicted molar refractivity (Wildman–Crippen MR) is 90.6 cm³/mol. The minimum absolute atomic E-state index is 0.356. The van der Waals surface area contributed by atoms with E-state index in [9.17, 15) is 4.79 Å². The number of Topliss-reactive ketones (excluding diaryl/α,β-unsaturated/α-hetero) is 1. The van der Waals surface area contributed by atoms with Crippen LogP contribution in [0.4, 0.5) is 0 Å². The molecule has 0 aliphatic carbocycles. The minimum atomic E-state index is -0.356. The molecule has 0 amide bonds. The zero-order valence-electron chi connectivity index (χ0n) is 13.4. The summed E-state index contributed by atoms with van der Waals surface area (Å²) in [6.07, 6.45) is 0. The third-order valence-corrected chi connectivity index (χ3v) is 3.56. The van der Waals surface area contributed by atoms with E-state index >= 15 is 0 Å². The molecule has 0 spiro atoms. The molecule has 0 N–H and O–H groups in total. The SMILES string of the molecule is Cc1cccc(C)c1C#CC(=O)C#Cc1c(C)cccc1C. The smallest absolute Gasteiger partial charge is 0.270 e. The number of carbonyl (C=O) groups excluding carboxylic acids is 1. The van der Waals surface area contributed by atoms with Crippen molar-refractivity contribution in [3.8, 4) is 23.7 Å². The van der Waals surface area contributed by atoms with E-state index in [1.807, 2.05) is 64.1 Å². The highest BCUT2D eigenvalue weighted by molar-refractivity contribution is 6.09. The Kier molecular flexibility index (Phi) is 4.82. The van der Waals surface area contributed by atoms with Crippen molar-refractivity contribution in [3.63, 3.8) is 0 Å². The molecule has 2 aromatic carbocycles. The summed E-state index contributed by atoms with van der Waals surface area (Å²) in [5, 5.41) is 0. The second kappa shape index (κ2) is 6.79. The zero-order valence-corrected chi connectivity index (χ0v) is 13.4. The van der Waals surface area contributed by atoms with Crippen LogP contribution in [0.3, 0.4) is 0 Å². The van der Waals surface area contributed by atoms with E-state index in [1.54, 1.807) is 0 Å². The molecule has 108 valence electrons. The van der Waals surface area contributed by atoms with E-state index in [1.165, 1.54) is 0 Å². The van der Waals surface area contributed by atoms with E-state index in [-0.39, 0.29) is 5.78 Å². The van der Waals surface area contributed by atoms with Gasteiger partial charge in [0, 0.05) is 11.1 Å². The normalized spacial score (nSPS) is 9.27. The Bertz CT molecular complexity index is 737. The van der Waals surface area contributed by atoms with Crippen LogP contribution in [0.25, 0.3) is 0 Å². The maximum Gasteiger partial charge on any atom is 0.279 e. The van der Waals surface area contributed by atoms with E-state index < -0.39 is 0 Å². The third-order valence-electron chi connectivity index (χ3n) is 3.56. The van der Waals surface area contributed by atoms with Crippen molar-refractivity contribution in [1.29, 1.82) is 0 Å². The van der Waals surface area contributed by atoms with Gasteiger partial charge in [-0.15, -0.1) is 0 Å². The largest absolute Gasteiger partial charge is 0.279 e. The first-order valence-corrected chi connectivity index (χ1v) is 7.19. The van der Waals surface area contributed by atoms with Gasteiger partial charge in [0.1, 0.15) is 0 Å². The molecule has 0 heterocycles. The molecule has 22 heavy (non-hydrogen) atoms. The van der Waals surface area contributed by atoms with Gasteiger partial charge in [-0.3, -0.25) is 4.79 Å². The first kappa shape index (κ1) is 15.6. The summed E-state index contributed by atoms with van der Waals surface area (Å²) >= 11 is 0. The van der Waals surface area contributed by atoms with Gasteiger partial charge in [0.05, 0.1) is 0 Å². The van der Waals surface area contributed by atoms with Crippen LogP contribution in [0.5, 0.6) is 0 Å². The topological polar surface area (TPSA) is 17.1 Å². The lowest BCUT2D eigenvalue weighted by Gasteiger charge is -2.01. The molecule has 0 atom stereocenters. The van der Waals surface area contributed by atoms with E-state index in [2.05, 4.69) is 23.7 Å². The number of ketones is 1. The van der Waals surface area contributed by atoms with Crippen molar-refractivity contribution >= 4 is 5.78 Å². The van der Waals surface area contributed by atoms with Crippen molar-refractivity contribution in [2.24, 2.45) is 0 Å². The number of benzene rings is 2. The van der Waals surface area contributed by atoms with Crippen molar-refractivity contribution in [2.45, 2.75) is 27.7 Å². The fraction of sp³-hybridized carbons (Fsp3) is 0.190.